The zero-order valence-corrected chi connectivity index (χ0v) is 9.78. The van der Waals surface area contributed by atoms with E-state index in [1.54, 1.807) is 19.9 Å². The molecular weight excluding hydrogens is 222 g/mol. The second kappa shape index (κ2) is 4.16. The average molecular weight is 235 g/mol. The maximum atomic E-state index is 11.8. The van der Waals surface area contributed by atoms with Crippen molar-refractivity contribution in [2.75, 3.05) is 6.61 Å². The van der Waals surface area contributed by atoms with Crippen LogP contribution in [0.5, 0.6) is 0 Å². The molecule has 0 bridgehead atoms. The van der Waals surface area contributed by atoms with Crippen LogP contribution >= 0.6 is 0 Å². The maximum Gasteiger partial charge on any atom is 0.355 e. The van der Waals surface area contributed by atoms with Gasteiger partial charge in [0.2, 0.25) is 5.91 Å². The van der Waals surface area contributed by atoms with Gasteiger partial charge in [-0.3, -0.25) is 14.2 Å². The van der Waals surface area contributed by atoms with Gasteiger partial charge in [0.15, 0.2) is 0 Å². The fourth-order valence-electron chi connectivity index (χ4n) is 2.08. The molecule has 1 aliphatic rings. The highest BCUT2D eigenvalue weighted by Crippen LogP contribution is 2.21. The summed E-state index contributed by atoms with van der Waals surface area (Å²) in [5.74, 6) is -0.984. The van der Waals surface area contributed by atoms with Crippen LogP contribution < -0.4 is 0 Å². The molecule has 2 heterocycles. The van der Waals surface area contributed by atoms with Crippen LogP contribution in [0.3, 0.4) is 0 Å². The van der Waals surface area contributed by atoms with E-state index in [1.165, 1.54) is 4.57 Å². The number of hydrogen-bond acceptors (Lipinski definition) is 4. The third-order valence-electron chi connectivity index (χ3n) is 2.71. The van der Waals surface area contributed by atoms with Gasteiger partial charge in [-0.25, -0.2) is 4.79 Å². The van der Waals surface area contributed by atoms with Crippen molar-refractivity contribution in [1.82, 2.24) is 4.57 Å². The number of esters is 1. The molecule has 0 N–H and O–H groups in total. The Morgan fingerprint density at radius 2 is 2.12 bits per heavy atom. The first kappa shape index (κ1) is 11.6. The van der Waals surface area contributed by atoms with Gasteiger partial charge in [0.1, 0.15) is 11.5 Å². The molecular formula is C12H13NO4. The topological polar surface area (TPSA) is 65.4 Å². The Kier molecular flexibility index (Phi) is 2.83. The molecule has 0 amide bonds. The predicted molar refractivity (Wildman–Crippen MR) is 59.1 cm³/mol. The van der Waals surface area contributed by atoms with Gasteiger partial charge >= 0.3 is 5.97 Å². The van der Waals surface area contributed by atoms with Gasteiger partial charge in [0, 0.05) is 12.1 Å². The van der Waals surface area contributed by atoms with Gasteiger partial charge in [-0.15, -0.1) is 0 Å². The summed E-state index contributed by atoms with van der Waals surface area (Å²) >= 11 is 0. The number of fused-ring (bicyclic) bond motifs is 1. The maximum absolute atomic E-state index is 11.8. The standard InChI is InChI=1S/C12H13NO4/c1-3-17-12(16)11-7(2)4-8-5-9(14)6-10(15)13(8)11/h4H,3,5-6H2,1-2H3. The van der Waals surface area contributed by atoms with Crippen molar-refractivity contribution in [2.24, 2.45) is 0 Å². The minimum atomic E-state index is -0.515. The fraction of sp³-hybridized carbons (Fsp3) is 0.417. The largest absolute Gasteiger partial charge is 0.461 e. The number of rotatable bonds is 2. The van der Waals surface area contributed by atoms with Crippen molar-refractivity contribution >= 4 is 17.7 Å². The molecule has 0 radical (unpaired) electrons. The number of nitrogens with zero attached hydrogens (tertiary/aromatic N) is 1. The summed E-state index contributed by atoms with van der Waals surface area (Å²) in [6.45, 7) is 3.69. The number of carbonyl (C=O) groups is 3. The molecule has 90 valence electrons. The molecule has 1 aromatic heterocycles. The van der Waals surface area contributed by atoms with Crippen molar-refractivity contribution < 1.29 is 19.1 Å². The summed E-state index contributed by atoms with van der Waals surface area (Å²) in [6, 6.07) is 1.70. The number of aromatic nitrogens is 1. The molecule has 17 heavy (non-hydrogen) atoms. The minimum Gasteiger partial charge on any atom is -0.461 e. The van der Waals surface area contributed by atoms with E-state index in [0.29, 0.717) is 11.3 Å². The molecule has 0 spiro atoms. The number of aryl methyl sites for hydroxylation is 1. The van der Waals surface area contributed by atoms with E-state index < -0.39 is 5.97 Å². The second-order valence-electron chi connectivity index (χ2n) is 4.01. The lowest BCUT2D eigenvalue weighted by Gasteiger charge is -2.15. The van der Waals surface area contributed by atoms with Gasteiger partial charge in [0.05, 0.1) is 13.0 Å². The molecule has 0 unspecified atom stereocenters. The number of carbonyl (C=O) groups excluding carboxylic acids is 3. The first-order valence-electron chi connectivity index (χ1n) is 5.47. The highest BCUT2D eigenvalue weighted by molar-refractivity contribution is 6.06. The van der Waals surface area contributed by atoms with E-state index in [0.717, 1.165) is 0 Å². The van der Waals surface area contributed by atoms with E-state index in [-0.39, 0.29) is 36.8 Å². The van der Waals surface area contributed by atoms with Crippen LogP contribution in [-0.2, 0) is 16.0 Å². The van der Waals surface area contributed by atoms with E-state index in [1.807, 2.05) is 0 Å². The summed E-state index contributed by atoms with van der Waals surface area (Å²) < 4.78 is 6.23. The van der Waals surface area contributed by atoms with Crippen LogP contribution in [-0.4, -0.2) is 28.8 Å². The number of Topliss-reactive ketones (excluding diaryl/α,β-unsaturated/α-hetero) is 1. The van der Waals surface area contributed by atoms with Gasteiger partial charge in [0.25, 0.3) is 0 Å². The quantitative estimate of drug-likeness (QED) is 0.569. The molecule has 0 aliphatic carbocycles. The first-order chi connectivity index (χ1) is 8.04. The lowest BCUT2D eigenvalue weighted by atomic mass is 10.1. The first-order valence-corrected chi connectivity index (χ1v) is 5.47. The highest BCUT2D eigenvalue weighted by Gasteiger charge is 2.29. The monoisotopic (exact) mass is 235 g/mol. The number of ether oxygens (including phenoxy) is 1. The Hall–Kier alpha value is -1.91. The van der Waals surface area contributed by atoms with Gasteiger partial charge in [-0.1, -0.05) is 0 Å². The zero-order chi connectivity index (χ0) is 12.6. The molecule has 0 aromatic carbocycles. The Bertz CT molecular complexity index is 513. The van der Waals surface area contributed by atoms with Crippen molar-refractivity contribution in [2.45, 2.75) is 26.7 Å². The Balaban J connectivity index is 2.51. The predicted octanol–water partition coefficient (Wildman–Crippen LogP) is 1.13. The Morgan fingerprint density at radius 1 is 1.41 bits per heavy atom. The van der Waals surface area contributed by atoms with Crippen LogP contribution in [0.15, 0.2) is 6.07 Å². The number of ketones is 1. The molecule has 2 rings (SSSR count). The third kappa shape index (κ3) is 1.88. The summed E-state index contributed by atoms with van der Waals surface area (Å²) in [7, 11) is 0. The van der Waals surface area contributed by atoms with Gasteiger partial charge in [-0.05, 0) is 25.5 Å². The number of hydrogen-bond donors (Lipinski definition) is 0. The Labute approximate surface area is 98.4 Å². The summed E-state index contributed by atoms with van der Waals surface area (Å²) in [5, 5.41) is 0. The summed E-state index contributed by atoms with van der Waals surface area (Å²) in [5.41, 5.74) is 1.49. The Morgan fingerprint density at radius 3 is 2.76 bits per heavy atom. The molecule has 5 heteroatoms. The van der Waals surface area contributed by atoms with E-state index in [4.69, 9.17) is 4.74 Å². The molecule has 5 nitrogen and oxygen atoms in total. The lowest BCUT2D eigenvalue weighted by Crippen LogP contribution is -2.29. The molecule has 0 saturated carbocycles. The van der Waals surface area contributed by atoms with Crippen molar-refractivity contribution in [1.29, 1.82) is 0 Å². The zero-order valence-electron chi connectivity index (χ0n) is 9.78. The fourth-order valence-corrected chi connectivity index (χ4v) is 2.08. The highest BCUT2D eigenvalue weighted by atomic mass is 16.5. The van der Waals surface area contributed by atoms with Crippen LogP contribution in [0.25, 0.3) is 0 Å². The molecule has 0 saturated heterocycles. The third-order valence-corrected chi connectivity index (χ3v) is 2.71. The van der Waals surface area contributed by atoms with Crippen LogP contribution in [0.4, 0.5) is 0 Å². The summed E-state index contributed by atoms with van der Waals surface area (Å²) in [6.07, 6.45) is 0.0551. The average Bonchev–Trinajstić information content (AvgIpc) is 2.54. The van der Waals surface area contributed by atoms with Gasteiger partial charge < -0.3 is 4.74 Å². The molecule has 1 aliphatic heterocycles. The molecule has 0 atom stereocenters. The van der Waals surface area contributed by atoms with Crippen molar-refractivity contribution in [3.05, 3.63) is 23.0 Å². The molecule has 0 fully saturated rings. The smallest absolute Gasteiger partial charge is 0.355 e. The lowest BCUT2D eigenvalue weighted by molar-refractivity contribution is -0.118. The van der Waals surface area contributed by atoms with Crippen LogP contribution in [0.2, 0.25) is 0 Å². The van der Waals surface area contributed by atoms with E-state index >= 15 is 0 Å². The SMILES string of the molecule is CCOC(=O)c1c(C)cc2n1C(=O)CC(=O)C2. The van der Waals surface area contributed by atoms with Gasteiger partial charge in [-0.2, -0.15) is 0 Å². The van der Waals surface area contributed by atoms with Crippen molar-refractivity contribution in [3.8, 4) is 0 Å². The second-order valence-corrected chi connectivity index (χ2v) is 4.01. The van der Waals surface area contributed by atoms with Crippen LogP contribution in [0, 0.1) is 6.92 Å². The summed E-state index contributed by atoms with van der Waals surface area (Å²) in [4.78, 5) is 34.8. The van der Waals surface area contributed by atoms with E-state index in [9.17, 15) is 14.4 Å². The molecule has 1 aromatic rings. The normalized spacial score (nSPS) is 14.7. The van der Waals surface area contributed by atoms with Crippen molar-refractivity contribution in [3.63, 3.8) is 0 Å². The minimum absolute atomic E-state index is 0.115. The van der Waals surface area contributed by atoms with E-state index in [2.05, 4.69) is 0 Å². The van der Waals surface area contributed by atoms with Crippen LogP contribution in [0.1, 0.15) is 39.9 Å².